The van der Waals surface area contributed by atoms with Crippen LogP contribution in [0.2, 0.25) is 0 Å². The highest BCUT2D eigenvalue weighted by Gasteiger charge is 2.12. The number of pyridine rings is 1. The van der Waals surface area contributed by atoms with Crippen LogP contribution in [0.15, 0.2) is 77.0 Å². The maximum Gasteiger partial charge on any atom is 0.270 e. The Bertz CT molecular complexity index is 1160. The van der Waals surface area contributed by atoms with Crippen LogP contribution in [0, 0.1) is 17.0 Å². The van der Waals surface area contributed by atoms with Gasteiger partial charge in [0.1, 0.15) is 0 Å². The number of non-ortho nitro benzene ring substituents is 1. The molecule has 0 aliphatic carbocycles. The Kier molecular flexibility index (Phi) is 4.52. The molecule has 0 fully saturated rings. The van der Waals surface area contributed by atoms with Gasteiger partial charge in [-0.15, -0.1) is 0 Å². The van der Waals surface area contributed by atoms with Crippen molar-refractivity contribution < 1.29 is 4.92 Å². The van der Waals surface area contributed by atoms with Crippen molar-refractivity contribution in [1.29, 1.82) is 0 Å². The molecule has 0 saturated heterocycles. The van der Waals surface area contributed by atoms with Gasteiger partial charge in [-0.3, -0.25) is 15.1 Å². The Morgan fingerprint density at radius 2 is 1.81 bits per heavy atom. The zero-order valence-corrected chi connectivity index (χ0v) is 15.2. The second-order valence-electron chi connectivity index (χ2n) is 5.91. The molecule has 0 radical (unpaired) electrons. The minimum atomic E-state index is -0.399. The summed E-state index contributed by atoms with van der Waals surface area (Å²) in [5, 5.41) is 12.6. The SMILES string of the molecule is Cc1ccc([N+](=O)[O-])cc1Sc1nccc(-c2ccnc3ccccc23)n1. The third-order valence-electron chi connectivity index (χ3n) is 4.14. The molecule has 2 heterocycles. The lowest BCUT2D eigenvalue weighted by Gasteiger charge is -2.08. The number of nitro benzene ring substituents is 1. The molecule has 0 spiro atoms. The van der Waals surface area contributed by atoms with Crippen molar-refractivity contribution >= 4 is 28.4 Å². The van der Waals surface area contributed by atoms with Crippen LogP contribution in [0.4, 0.5) is 5.69 Å². The topological polar surface area (TPSA) is 81.8 Å². The number of nitrogens with zero attached hydrogens (tertiary/aromatic N) is 4. The summed E-state index contributed by atoms with van der Waals surface area (Å²) in [5.74, 6) is 0. The highest BCUT2D eigenvalue weighted by molar-refractivity contribution is 7.99. The first-order valence-corrected chi connectivity index (χ1v) is 9.03. The molecular weight excluding hydrogens is 360 g/mol. The number of rotatable bonds is 4. The summed E-state index contributed by atoms with van der Waals surface area (Å²) in [6.07, 6.45) is 3.46. The van der Waals surface area contributed by atoms with E-state index in [0.717, 1.165) is 32.6 Å². The van der Waals surface area contributed by atoms with E-state index in [1.165, 1.54) is 17.8 Å². The fourth-order valence-electron chi connectivity index (χ4n) is 2.77. The van der Waals surface area contributed by atoms with Gasteiger partial charge in [0.25, 0.3) is 5.69 Å². The fourth-order valence-corrected chi connectivity index (χ4v) is 3.63. The Labute approximate surface area is 159 Å². The van der Waals surface area contributed by atoms with Gasteiger partial charge in [0.05, 0.1) is 16.1 Å². The minimum absolute atomic E-state index is 0.0550. The standard InChI is InChI=1S/C20H14N4O2S/c1-13-6-7-14(24(25)26)12-19(13)27-20-22-11-9-18(23-20)16-8-10-21-17-5-3-2-4-15(16)17/h2-12H,1H3. The first-order valence-electron chi connectivity index (χ1n) is 8.22. The molecule has 4 rings (SSSR count). The van der Waals surface area contributed by atoms with Crippen LogP contribution < -0.4 is 0 Å². The maximum atomic E-state index is 11.0. The van der Waals surface area contributed by atoms with Gasteiger partial charge in [-0.25, -0.2) is 9.97 Å². The Balaban J connectivity index is 1.73. The summed E-state index contributed by atoms with van der Waals surface area (Å²) in [4.78, 5) is 24.8. The van der Waals surface area contributed by atoms with E-state index in [1.807, 2.05) is 43.3 Å². The normalized spacial score (nSPS) is 10.9. The van der Waals surface area contributed by atoms with Crippen molar-refractivity contribution in [3.05, 3.63) is 82.7 Å². The van der Waals surface area contributed by atoms with Crippen molar-refractivity contribution in [1.82, 2.24) is 15.0 Å². The van der Waals surface area contributed by atoms with E-state index in [1.54, 1.807) is 24.5 Å². The van der Waals surface area contributed by atoms with Crippen LogP contribution >= 0.6 is 11.8 Å². The lowest BCUT2D eigenvalue weighted by Crippen LogP contribution is -1.93. The van der Waals surface area contributed by atoms with E-state index in [-0.39, 0.29) is 5.69 Å². The summed E-state index contributed by atoms with van der Waals surface area (Å²) in [5.41, 5.74) is 3.65. The monoisotopic (exact) mass is 374 g/mol. The minimum Gasteiger partial charge on any atom is -0.258 e. The summed E-state index contributed by atoms with van der Waals surface area (Å²) in [6, 6.07) is 16.5. The Morgan fingerprint density at radius 3 is 2.67 bits per heavy atom. The third kappa shape index (κ3) is 3.50. The first kappa shape index (κ1) is 17.1. The molecule has 0 unspecified atom stereocenters. The molecule has 7 heteroatoms. The van der Waals surface area contributed by atoms with Crippen LogP contribution in [-0.4, -0.2) is 19.9 Å². The van der Waals surface area contributed by atoms with Crippen LogP contribution in [-0.2, 0) is 0 Å². The van der Waals surface area contributed by atoms with Crippen molar-refractivity contribution in [3.8, 4) is 11.3 Å². The molecule has 2 aromatic heterocycles. The molecule has 0 bridgehead atoms. The smallest absolute Gasteiger partial charge is 0.258 e. The van der Waals surface area contributed by atoms with Crippen LogP contribution in [0.1, 0.15) is 5.56 Å². The van der Waals surface area contributed by atoms with Crippen LogP contribution in [0.25, 0.3) is 22.2 Å². The number of hydrogen-bond donors (Lipinski definition) is 0. The van der Waals surface area contributed by atoms with Crippen molar-refractivity contribution in [3.63, 3.8) is 0 Å². The van der Waals surface area contributed by atoms with Gasteiger partial charge in [0, 0.05) is 40.4 Å². The van der Waals surface area contributed by atoms with Gasteiger partial charge in [0.2, 0.25) is 0 Å². The zero-order chi connectivity index (χ0) is 18.8. The number of aryl methyl sites for hydroxylation is 1. The van der Waals surface area contributed by atoms with E-state index in [9.17, 15) is 10.1 Å². The van der Waals surface area contributed by atoms with E-state index in [4.69, 9.17) is 0 Å². The molecule has 0 atom stereocenters. The lowest BCUT2D eigenvalue weighted by molar-refractivity contribution is -0.385. The predicted octanol–water partition coefficient (Wildman–Crippen LogP) is 5.06. The lowest BCUT2D eigenvalue weighted by atomic mass is 10.1. The van der Waals surface area contributed by atoms with Gasteiger partial charge < -0.3 is 0 Å². The molecule has 27 heavy (non-hydrogen) atoms. The number of nitro groups is 1. The van der Waals surface area contributed by atoms with Gasteiger partial charge in [-0.2, -0.15) is 0 Å². The number of fused-ring (bicyclic) bond motifs is 1. The molecule has 6 nitrogen and oxygen atoms in total. The van der Waals surface area contributed by atoms with E-state index >= 15 is 0 Å². The maximum absolute atomic E-state index is 11.0. The molecule has 132 valence electrons. The average Bonchev–Trinajstić information content (AvgIpc) is 2.69. The van der Waals surface area contributed by atoms with Crippen molar-refractivity contribution in [2.45, 2.75) is 17.0 Å². The number of para-hydroxylation sites is 1. The quantitative estimate of drug-likeness (QED) is 0.282. The van der Waals surface area contributed by atoms with E-state index in [0.29, 0.717) is 5.16 Å². The molecule has 0 amide bonds. The summed E-state index contributed by atoms with van der Waals surface area (Å²) < 4.78 is 0. The molecule has 0 N–H and O–H groups in total. The van der Waals surface area contributed by atoms with E-state index in [2.05, 4.69) is 15.0 Å². The zero-order valence-electron chi connectivity index (χ0n) is 14.4. The summed E-state index contributed by atoms with van der Waals surface area (Å²) in [6.45, 7) is 1.91. The fraction of sp³-hybridized carbons (Fsp3) is 0.0500. The predicted molar refractivity (Wildman–Crippen MR) is 105 cm³/mol. The average molecular weight is 374 g/mol. The van der Waals surface area contributed by atoms with Crippen LogP contribution in [0.3, 0.4) is 0 Å². The molecule has 0 aliphatic heterocycles. The van der Waals surface area contributed by atoms with Crippen molar-refractivity contribution in [2.75, 3.05) is 0 Å². The number of aromatic nitrogens is 3. The second kappa shape index (κ2) is 7.13. The Morgan fingerprint density at radius 1 is 1.00 bits per heavy atom. The number of hydrogen-bond acceptors (Lipinski definition) is 6. The summed E-state index contributed by atoms with van der Waals surface area (Å²) in [7, 11) is 0. The van der Waals surface area contributed by atoms with Crippen LogP contribution in [0.5, 0.6) is 0 Å². The van der Waals surface area contributed by atoms with Gasteiger partial charge in [-0.05, 0) is 42.4 Å². The molecular formula is C20H14N4O2S. The summed E-state index contributed by atoms with van der Waals surface area (Å²) >= 11 is 1.32. The molecule has 0 saturated carbocycles. The van der Waals surface area contributed by atoms with Gasteiger partial charge in [0.15, 0.2) is 5.16 Å². The van der Waals surface area contributed by atoms with E-state index < -0.39 is 4.92 Å². The van der Waals surface area contributed by atoms with Gasteiger partial charge >= 0.3 is 0 Å². The number of benzene rings is 2. The Hall–Kier alpha value is -3.32. The molecule has 0 aliphatic rings. The highest BCUT2D eigenvalue weighted by atomic mass is 32.2. The third-order valence-corrected chi connectivity index (χ3v) is 5.18. The highest BCUT2D eigenvalue weighted by Crippen LogP contribution is 2.32. The molecule has 2 aromatic carbocycles. The molecule has 4 aromatic rings. The van der Waals surface area contributed by atoms with Gasteiger partial charge in [-0.1, -0.05) is 24.3 Å². The van der Waals surface area contributed by atoms with Crippen molar-refractivity contribution in [2.24, 2.45) is 0 Å². The second-order valence-corrected chi connectivity index (χ2v) is 6.92. The first-order chi connectivity index (χ1) is 13.1. The largest absolute Gasteiger partial charge is 0.270 e.